The molecule has 3 aromatic rings. The van der Waals surface area contributed by atoms with E-state index in [1.54, 1.807) is 18.2 Å². The zero-order chi connectivity index (χ0) is 26.8. The third kappa shape index (κ3) is 5.61. The minimum atomic E-state index is -0.986. The maximum absolute atomic E-state index is 13.0. The van der Waals surface area contributed by atoms with Gasteiger partial charge in [0, 0.05) is 69.5 Å². The van der Waals surface area contributed by atoms with Gasteiger partial charge >= 0.3 is 5.97 Å². The Morgan fingerprint density at radius 3 is 2.08 bits per heavy atom. The number of nitrogens with one attached hydrogen (secondary N) is 1. The number of amides is 1. The summed E-state index contributed by atoms with van der Waals surface area (Å²) in [5.41, 5.74) is 0.829. The number of rotatable bonds is 7. The number of carboxylic acid groups (broad SMARTS) is 1. The van der Waals surface area contributed by atoms with Crippen LogP contribution in [-0.4, -0.2) is 90.8 Å². The molecule has 0 spiro atoms. The quantitative estimate of drug-likeness (QED) is 0.477. The lowest BCUT2D eigenvalue weighted by Crippen LogP contribution is -2.49. The van der Waals surface area contributed by atoms with Gasteiger partial charge in [-0.1, -0.05) is 18.2 Å². The van der Waals surface area contributed by atoms with Crippen molar-refractivity contribution in [2.24, 2.45) is 0 Å². The van der Waals surface area contributed by atoms with Crippen LogP contribution < -0.4 is 20.0 Å². The van der Waals surface area contributed by atoms with Gasteiger partial charge in [-0.15, -0.1) is 0 Å². The van der Waals surface area contributed by atoms with Gasteiger partial charge < -0.3 is 25.1 Å². The Bertz CT molecular complexity index is 1330. The Morgan fingerprint density at radius 1 is 0.769 bits per heavy atom. The van der Waals surface area contributed by atoms with Crippen molar-refractivity contribution in [1.82, 2.24) is 14.9 Å². The Balaban J connectivity index is 1.11. The Kier molecular flexibility index (Phi) is 7.19. The highest BCUT2D eigenvalue weighted by molar-refractivity contribution is 6.05. The summed E-state index contributed by atoms with van der Waals surface area (Å²) in [7, 11) is 0. The second-order valence-electron chi connectivity index (χ2n) is 10.6. The first-order valence-corrected chi connectivity index (χ1v) is 14.0. The number of carbonyl (C=O) groups is 2. The predicted molar refractivity (Wildman–Crippen MR) is 153 cm³/mol. The molecule has 0 aliphatic carbocycles. The highest BCUT2D eigenvalue weighted by Gasteiger charge is 2.25. The molecule has 2 N–H and O–H groups in total. The second kappa shape index (κ2) is 11.1. The van der Waals surface area contributed by atoms with Crippen molar-refractivity contribution >= 4 is 45.9 Å². The summed E-state index contributed by atoms with van der Waals surface area (Å²) in [5.74, 6) is 1.76. The van der Waals surface area contributed by atoms with Gasteiger partial charge in [-0.2, -0.15) is 9.97 Å². The lowest BCUT2D eigenvalue weighted by Gasteiger charge is -2.35. The normalized spacial score (nSPS) is 18.2. The van der Waals surface area contributed by atoms with Crippen molar-refractivity contribution in [2.75, 3.05) is 78.9 Å². The summed E-state index contributed by atoms with van der Waals surface area (Å²) in [6.45, 7) is 7.51. The Labute approximate surface area is 228 Å². The minimum Gasteiger partial charge on any atom is -0.478 e. The van der Waals surface area contributed by atoms with Gasteiger partial charge in [0.05, 0.1) is 12.1 Å². The zero-order valence-corrected chi connectivity index (χ0v) is 22.2. The molecule has 0 saturated carbocycles. The number of carbonyl (C=O) groups excluding carboxylic acids is 1. The molecule has 1 aromatic heterocycles. The van der Waals surface area contributed by atoms with Crippen LogP contribution in [-0.2, 0) is 4.79 Å². The minimum absolute atomic E-state index is 0.105. The fourth-order valence-electron chi connectivity index (χ4n) is 5.78. The number of anilines is 4. The third-order valence-electron chi connectivity index (χ3n) is 7.97. The largest absolute Gasteiger partial charge is 0.478 e. The number of carboxylic acids is 1. The number of hydrogen-bond donors (Lipinski definition) is 2. The van der Waals surface area contributed by atoms with Crippen molar-refractivity contribution in [3.8, 4) is 0 Å². The van der Waals surface area contributed by atoms with Crippen LogP contribution in [0.4, 0.5) is 23.3 Å². The summed E-state index contributed by atoms with van der Waals surface area (Å²) >= 11 is 0. The van der Waals surface area contributed by atoms with E-state index in [1.165, 1.54) is 25.7 Å². The average molecular weight is 530 g/mol. The molecule has 1 amide bonds. The highest BCUT2D eigenvalue weighted by atomic mass is 16.4. The molecule has 0 bridgehead atoms. The molecule has 4 heterocycles. The molecule has 3 fully saturated rings. The first-order chi connectivity index (χ1) is 19.0. The summed E-state index contributed by atoms with van der Waals surface area (Å²) in [6.07, 6.45) is 4.79. The van der Waals surface area contributed by atoms with Crippen molar-refractivity contribution < 1.29 is 14.7 Å². The smallest absolute Gasteiger partial charge is 0.335 e. The van der Waals surface area contributed by atoms with Crippen LogP contribution >= 0.6 is 0 Å². The van der Waals surface area contributed by atoms with Gasteiger partial charge in [0.15, 0.2) is 0 Å². The SMILES string of the molecule is O=C(CN1CCN(c2cc(N3CCCC3)nc(N3CCCC3)n2)CC1)Nc1cccc2ccc(C(=O)O)cc12. The summed E-state index contributed by atoms with van der Waals surface area (Å²) < 4.78 is 0. The third-order valence-corrected chi connectivity index (χ3v) is 7.97. The average Bonchev–Trinajstić information content (AvgIpc) is 3.68. The Hall–Kier alpha value is -3.92. The first kappa shape index (κ1) is 25.4. The molecule has 3 saturated heterocycles. The van der Waals surface area contributed by atoms with Gasteiger partial charge in [0.25, 0.3) is 0 Å². The second-order valence-corrected chi connectivity index (χ2v) is 10.6. The van der Waals surface area contributed by atoms with Gasteiger partial charge in [-0.25, -0.2) is 4.79 Å². The number of aromatic carboxylic acids is 1. The lowest BCUT2D eigenvalue weighted by molar-refractivity contribution is -0.117. The van der Waals surface area contributed by atoms with E-state index < -0.39 is 5.97 Å². The van der Waals surface area contributed by atoms with Gasteiger partial charge in [0.1, 0.15) is 11.6 Å². The summed E-state index contributed by atoms with van der Waals surface area (Å²) in [6, 6.07) is 12.7. The first-order valence-electron chi connectivity index (χ1n) is 14.0. The van der Waals surface area contributed by atoms with Crippen LogP contribution in [0.5, 0.6) is 0 Å². The van der Waals surface area contributed by atoms with E-state index in [0.29, 0.717) is 5.69 Å². The molecule has 0 radical (unpaired) electrons. The molecule has 3 aliphatic heterocycles. The van der Waals surface area contributed by atoms with Crippen LogP contribution in [0.15, 0.2) is 42.5 Å². The van der Waals surface area contributed by atoms with E-state index >= 15 is 0 Å². The molecule has 2 aromatic carbocycles. The molecule has 6 rings (SSSR count). The fraction of sp³-hybridized carbons (Fsp3) is 0.448. The number of benzene rings is 2. The maximum atomic E-state index is 13.0. The van der Waals surface area contributed by atoms with Crippen molar-refractivity contribution in [2.45, 2.75) is 25.7 Å². The molecule has 0 unspecified atom stereocenters. The molecular weight excluding hydrogens is 494 g/mol. The van der Waals surface area contributed by atoms with E-state index in [9.17, 15) is 14.7 Å². The monoisotopic (exact) mass is 529 g/mol. The van der Waals surface area contributed by atoms with Crippen LogP contribution in [0.25, 0.3) is 10.8 Å². The van der Waals surface area contributed by atoms with Crippen molar-refractivity contribution in [3.63, 3.8) is 0 Å². The molecule has 0 atom stereocenters. The van der Waals surface area contributed by atoms with Gasteiger partial charge in [0.2, 0.25) is 11.9 Å². The molecule has 3 aliphatic rings. The molecule has 10 nitrogen and oxygen atoms in total. The topological polar surface area (TPSA) is 105 Å². The van der Waals surface area contributed by atoms with E-state index in [4.69, 9.17) is 9.97 Å². The fourth-order valence-corrected chi connectivity index (χ4v) is 5.78. The van der Waals surface area contributed by atoms with Crippen LogP contribution in [0.1, 0.15) is 36.0 Å². The number of fused-ring (bicyclic) bond motifs is 1. The number of nitrogens with zero attached hydrogens (tertiary/aromatic N) is 6. The van der Waals surface area contributed by atoms with Crippen LogP contribution in [0, 0.1) is 0 Å². The van der Waals surface area contributed by atoms with Crippen molar-refractivity contribution in [3.05, 3.63) is 48.0 Å². The van der Waals surface area contributed by atoms with Crippen LogP contribution in [0.2, 0.25) is 0 Å². The number of hydrogen-bond acceptors (Lipinski definition) is 8. The molecule has 39 heavy (non-hydrogen) atoms. The number of aromatic nitrogens is 2. The van der Waals surface area contributed by atoms with E-state index in [0.717, 1.165) is 80.7 Å². The standard InChI is InChI=1S/C29H35N7O3/c37-27(30-24-7-5-6-21-8-9-22(28(38)39)18-23(21)24)20-33-14-16-35(17-15-33)26-19-25(34-10-1-2-11-34)31-29(32-26)36-12-3-4-13-36/h5-9,18-19H,1-4,10-17,20H2,(H,30,37)(H,38,39). The maximum Gasteiger partial charge on any atom is 0.335 e. The highest BCUT2D eigenvalue weighted by Crippen LogP contribution is 2.28. The number of piperazine rings is 1. The molecule has 10 heteroatoms. The van der Waals surface area contributed by atoms with Gasteiger partial charge in [-0.05, 0) is 49.3 Å². The molecule has 204 valence electrons. The molecular formula is C29H35N7O3. The van der Waals surface area contributed by atoms with E-state index in [1.807, 2.05) is 18.2 Å². The van der Waals surface area contributed by atoms with E-state index in [2.05, 4.69) is 31.0 Å². The van der Waals surface area contributed by atoms with E-state index in [-0.39, 0.29) is 18.0 Å². The van der Waals surface area contributed by atoms with Gasteiger partial charge in [-0.3, -0.25) is 9.69 Å². The Morgan fingerprint density at radius 2 is 1.41 bits per heavy atom. The summed E-state index contributed by atoms with van der Waals surface area (Å²) in [4.78, 5) is 43.5. The predicted octanol–water partition coefficient (Wildman–Crippen LogP) is 3.29. The van der Waals surface area contributed by atoms with Crippen molar-refractivity contribution in [1.29, 1.82) is 0 Å². The lowest BCUT2D eigenvalue weighted by atomic mass is 10.1. The zero-order valence-electron chi connectivity index (χ0n) is 22.2. The van der Waals surface area contributed by atoms with Crippen LogP contribution in [0.3, 0.4) is 0 Å². The summed E-state index contributed by atoms with van der Waals surface area (Å²) in [5, 5.41) is 14.0.